The van der Waals surface area contributed by atoms with E-state index in [4.69, 9.17) is 47.7 Å². The van der Waals surface area contributed by atoms with Gasteiger partial charge in [-0.3, -0.25) is 0 Å². The van der Waals surface area contributed by atoms with E-state index in [0.29, 0.717) is 5.69 Å². The van der Waals surface area contributed by atoms with Gasteiger partial charge in [-0.25, -0.2) is 33.6 Å². The average Bonchev–Trinajstić information content (AvgIpc) is 1.66. The van der Waals surface area contributed by atoms with Crippen LogP contribution in [-0.4, -0.2) is 113 Å². The Morgan fingerprint density at radius 2 is 0.767 bits per heavy atom. The number of benzene rings is 8. The lowest BCUT2D eigenvalue weighted by atomic mass is 9.97. The zero-order valence-electron chi connectivity index (χ0n) is 45.6. The zero-order chi connectivity index (χ0) is 59.6. The molecule has 432 valence electrons. The SMILES string of the molecule is O=C(OCC1OC(OCC(OC(=O)c2ccccc2)C(OC(=O)c2ccccc2)C(OC(=O)c2ccccc2)c2cnn(-c3ccccc3)n2)C(OC(=O)c2ccccc2)C(OC(=O)c2ccccc2)C1OC(=O)c1ccccc1)c1ccccc1. The lowest BCUT2D eigenvalue weighted by Crippen LogP contribution is -2.63. The monoisotopic (exact) mass is 1160 g/mol. The van der Waals surface area contributed by atoms with Crippen molar-refractivity contribution in [3.8, 4) is 5.69 Å². The predicted molar refractivity (Wildman–Crippen MR) is 306 cm³/mol. The highest BCUT2D eigenvalue weighted by molar-refractivity contribution is 5.93. The van der Waals surface area contributed by atoms with Gasteiger partial charge in [0.15, 0.2) is 42.9 Å². The topological polar surface area (TPSA) is 233 Å². The van der Waals surface area contributed by atoms with Crippen molar-refractivity contribution in [2.45, 2.75) is 49.0 Å². The number of hydrogen-bond acceptors (Lipinski definition) is 18. The molecule has 8 unspecified atom stereocenters. The number of aromatic nitrogens is 3. The number of para-hydroxylation sites is 1. The van der Waals surface area contributed by atoms with Crippen molar-refractivity contribution in [3.05, 3.63) is 293 Å². The summed E-state index contributed by atoms with van der Waals surface area (Å²) in [4.78, 5) is 102. The van der Waals surface area contributed by atoms with Gasteiger partial charge in [-0.1, -0.05) is 146 Å². The molecule has 19 nitrogen and oxygen atoms in total. The number of nitrogens with zero attached hydrogens (tertiary/aromatic N) is 3. The number of ether oxygens (including phenoxy) is 9. The van der Waals surface area contributed by atoms with E-state index in [-0.39, 0.29) is 44.6 Å². The summed E-state index contributed by atoms with van der Waals surface area (Å²) in [5.74, 6) is -6.62. The summed E-state index contributed by atoms with van der Waals surface area (Å²) < 4.78 is 57.1. The first-order valence-corrected chi connectivity index (χ1v) is 27.1. The highest BCUT2D eigenvalue weighted by Gasteiger charge is 2.54. The highest BCUT2D eigenvalue weighted by atomic mass is 16.7. The van der Waals surface area contributed by atoms with Gasteiger partial charge >= 0.3 is 41.8 Å². The lowest BCUT2D eigenvalue weighted by molar-refractivity contribution is -0.303. The van der Waals surface area contributed by atoms with Gasteiger partial charge in [0.1, 0.15) is 18.4 Å². The van der Waals surface area contributed by atoms with Gasteiger partial charge in [0.05, 0.1) is 57.4 Å². The molecule has 0 N–H and O–H groups in total. The third kappa shape index (κ3) is 14.8. The first-order chi connectivity index (χ1) is 42.1. The van der Waals surface area contributed by atoms with Crippen LogP contribution in [0.3, 0.4) is 0 Å². The fourth-order valence-electron chi connectivity index (χ4n) is 9.07. The van der Waals surface area contributed by atoms with E-state index in [1.165, 1.54) is 95.9 Å². The van der Waals surface area contributed by atoms with Crippen LogP contribution in [0.15, 0.2) is 249 Å². The fourth-order valence-corrected chi connectivity index (χ4v) is 9.07. The molecule has 1 aliphatic heterocycles. The predicted octanol–water partition coefficient (Wildman–Crippen LogP) is 9.89. The molecule has 0 saturated carbocycles. The molecule has 0 aliphatic carbocycles. The molecule has 86 heavy (non-hydrogen) atoms. The van der Waals surface area contributed by atoms with Crippen molar-refractivity contribution in [1.82, 2.24) is 15.0 Å². The second-order valence-corrected chi connectivity index (χ2v) is 19.2. The van der Waals surface area contributed by atoms with Gasteiger partial charge in [0.2, 0.25) is 0 Å². The van der Waals surface area contributed by atoms with Crippen LogP contribution in [0.25, 0.3) is 5.69 Å². The summed E-state index contributed by atoms with van der Waals surface area (Å²) >= 11 is 0. The molecule has 1 aliphatic rings. The summed E-state index contributed by atoms with van der Waals surface area (Å²) in [5.41, 5.74) is 0.775. The van der Waals surface area contributed by atoms with Crippen LogP contribution in [0.2, 0.25) is 0 Å². The lowest BCUT2D eigenvalue weighted by Gasteiger charge is -2.44. The van der Waals surface area contributed by atoms with E-state index in [2.05, 4.69) is 5.10 Å². The molecule has 8 atom stereocenters. The van der Waals surface area contributed by atoms with Gasteiger partial charge in [-0.05, 0) is 97.1 Å². The molecule has 9 aromatic rings. The molecule has 0 spiro atoms. The number of rotatable bonds is 22. The largest absolute Gasteiger partial charge is 0.459 e. The first-order valence-electron chi connectivity index (χ1n) is 27.1. The number of esters is 7. The smallest absolute Gasteiger partial charge is 0.338 e. The second-order valence-electron chi connectivity index (χ2n) is 19.2. The summed E-state index contributed by atoms with van der Waals surface area (Å²) in [6.07, 6.45) is -13.4. The minimum atomic E-state index is -1.96. The van der Waals surface area contributed by atoms with Crippen LogP contribution in [-0.2, 0) is 42.6 Å². The van der Waals surface area contributed by atoms with Crippen molar-refractivity contribution >= 4 is 41.8 Å². The van der Waals surface area contributed by atoms with Crippen LogP contribution in [0, 0.1) is 0 Å². The molecular formula is C67H53N3O16. The van der Waals surface area contributed by atoms with E-state index in [1.807, 2.05) is 0 Å². The molecule has 1 aromatic heterocycles. The molecule has 0 bridgehead atoms. The van der Waals surface area contributed by atoms with Crippen molar-refractivity contribution in [3.63, 3.8) is 0 Å². The molecule has 1 saturated heterocycles. The maximum Gasteiger partial charge on any atom is 0.338 e. The quantitative estimate of drug-likeness (QED) is 0.0453. The summed E-state index contributed by atoms with van der Waals surface area (Å²) in [6, 6.07) is 63.6. The number of hydrogen-bond donors (Lipinski definition) is 0. The maximum atomic E-state index is 14.6. The number of carbonyl (C=O) groups is 7. The Morgan fingerprint density at radius 3 is 1.21 bits per heavy atom. The summed E-state index contributed by atoms with van der Waals surface area (Å²) in [6.45, 7) is -1.61. The van der Waals surface area contributed by atoms with E-state index in [1.54, 1.807) is 158 Å². The van der Waals surface area contributed by atoms with Gasteiger partial charge in [0.25, 0.3) is 0 Å². The molecule has 1 fully saturated rings. The molecule has 0 radical (unpaired) electrons. The van der Waals surface area contributed by atoms with Gasteiger partial charge in [-0.2, -0.15) is 9.90 Å². The maximum absolute atomic E-state index is 14.6. The summed E-state index contributed by atoms with van der Waals surface area (Å²) in [5, 5.41) is 9.16. The minimum Gasteiger partial charge on any atom is -0.459 e. The zero-order valence-corrected chi connectivity index (χ0v) is 45.6. The standard InChI is InChI=1S/C67H53N3O16/c71-60(44-25-9-1-10-26-44)78-42-54-57(84-64(75)48-33-17-5-18-34-48)58(85-65(76)49-35-19-6-20-36-49)59(86-66(77)50-37-21-7-22-38-50)67(81-54)79-43-53(80-61(72)45-27-11-2-12-28-45)56(83-63(74)47-31-15-4-16-32-47)55(82-62(73)46-29-13-3-14-30-46)52-41-68-70(69-52)51-39-23-8-24-40-51/h1-41,53-59,67H,42-43H2. The molecule has 10 rings (SSSR count). The Labute approximate surface area is 492 Å². The Morgan fingerprint density at radius 1 is 0.407 bits per heavy atom. The summed E-state index contributed by atoms with van der Waals surface area (Å²) in [7, 11) is 0. The van der Waals surface area contributed by atoms with Crippen molar-refractivity contribution < 1.29 is 76.2 Å². The van der Waals surface area contributed by atoms with Crippen LogP contribution < -0.4 is 0 Å². The molecule has 2 heterocycles. The van der Waals surface area contributed by atoms with Crippen LogP contribution in [0.4, 0.5) is 0 Å². The first kappa shape index (κ1) is 58.3. The molecule has 0 amide bonds. The van der Waals surface area contributed by atoms with E-state index in [0.717, 1.165) is 0 Å². The van der Waals surface area contributed by atoms with E-state index in [9.17, 15) is 33.6 Å². The third-order valence-electron chi connectivity index (χ3n) is 13.4. The Kier molecular flexibility index (Phi) is 19.3. The molecular weight excluding hydrogens is 1100 g/mol. The number of carbonyl (C=O) groups excluding carboxylic acids is 7. The van der Waals surface area contributed by atoms with E-state index >= 15 is 0 Å². The van der Waals surface area contributed by atoms with Crippen molar-refractivity contribution in [2.75, 3.05) is 13.2 Å². The van der Waals surface area contributed by atoms with E-state index < -0.39 is 104 Å². The van der Waals surface area contributed by atoms with Crippen molar-refractivity contribution in [1.29, 1.82) is 0 Å². The highest BCUT2D eigenvalue weighted by Crippen LogP contribution is 2.35. The Bertz CT molecular complexity index is 3720. The normalized spacial score (nSPS) is 17.2. The van der Waals surface area contributed by atoms with Crippen LogP contribution in [0.5, 0.6) is 0 Å². The van der Waals surface area contributed by atoms with Crippen LogP contribution in [0.1, 0.15) is 84.3 Å². The van der Waals surface area contributed by atoms with Gasteiger partial charge in [-0.15, -0.1) is 5.10 Å². The Hall–Kier alpha value is -10.9. The second kappa shape index (κ2) is 28.4. The Balaban J connectivity index is 1.11. The van der Waals surface area contributed by atoms with Crippen LogP contribution >= 0.6 is 0 Å². The van der Waals surface area contributed by atoms with Gasteiger partial charge in [0, 0.05) is 0 Å². The third-order valence-corrected chi connectivity index (χ3v) is 13.4. The molecule has 8 aromatic carbocycles. The average molecular weight is 1160 g/mol. The molecule has 19 heteroatoms. The fraction of sp³-hybridized carbons (Fsp3) is 0.149. The van der Waals surface area contributed by atoms with Gasteiger partial charge < -0.3 is 42.6 Å². The van der Waals surface area contributed by atoms with Crippen molar-refractivity contribution in [2.24, 2.45) is 0 Å². The minimum absolute atomic E-state index is 0.0188.